The van der Waals surface area contributed by atoms with Crippen molar-refractivity contribution in [3.8, 4) is 0 Å². The van der Waals surface area contributed by atoms with Gasteiger partial charge >= 0.3 is 0 Å². The lowest BCUT2D eigenvalue weighted by Crippen LogP contribution is -2.50. The van der Waals surface area contributed by atoms with E-state index in [9.17, 15) is 4.79 Å². The molecule has 0 aromatic heterocycles. The highest BCUT2D eigenvalue weighted by Crippen LogP contribution is 2.53. The molecule has 0 N–H and O–H groups in total. The first-order chi connectivity index (χ1) is 13.6. The lowest BCUT2D eigenvalue weighted by Gasteiger charge is -2.40. The van der Waals surface area contributed by atoms with Gasteiger partial charge in [0, 0.05) is 12.8 Å². The number of carbonyl (C=O) groups excluding carboxylic acids is 1. The average Bonchev–Trinajstić information content (AvgIpc) is 3.11. The number of hydrogen-bond acceptors (Lipinski definition) is 4. The zero-order valence-corrected chi connectivity index (χ0v) is 19.2. The van der Waals surface area contributed by atoms with Crippen molar-refractivity contribution in [1.29, 1.82) is 0 Å². The molecule has 1 aromatic carbocycles. The summed E-state index contributed by atoms with van der Waals surface area (Å²) in [5.41, 5.74) is 0.810. The standard InChI is InChI=1S/C24H32O4Si/c1-22(2,3)29(4,5)27-17-23-12-11-21(25)24(28-23)15-20(13-19(24)14-23)26-16-18-9-7-6-8-10-18/h6-13,20H,14-17H2,1-5H3/t20-,23-,24-/m0/s1. The van der Waals surface area contributed by atoms with Gasteiger partial charge in [-0.3, -0.25) is 4.79 Å². The van der Waals surface area contributed by atoms with E-state index in [-0.39, 0.29) is 16.9 Å². The zero-order valence-electron chi connectivity index (χ0n) is 18.2. The first-order valence-corrected chi connectivity index (χ1v) is 13.4. The summed E-state index contributed by atoms with van der Waals surface area (Å²) in [6, 6.07) is 10.1. The van der Waals surface area contributed by atoms with E-state index in [0.29, 0.717) is 26.1 Å². The van der Waals surface area contributed by atoms with Gasteiger partial charge in [0.1, 0.15) is 5.60 Å². The smallest absolute Gasteiger partial charge is 0.192 e. The second-order valence-corrected chi connectivity index (χ2v) is 15.0. The Morgan fingerprint density at radius 2 is 1.93 bits per heavy atom. The van der Waals surface area contributed by atoms with E-state index >= 15 is 0 Å². The Kier molecular flexibility index (Phi) is 5.01. The van der Waals surface area contributed by atoms with E-state index in [1.54, 1.807) is 6.08 Å². The number of carbonyl (C=O) groups is 1. The number of rotatable bonds is 6. The molecule has 0 unspecified atom stereocenters. The fourth-order valence-electron chi connectivity index (χ4n) is 4.14. The molecule has 5 heteroatoms. The van der Waals surface area contributed by atoms with Crippen molar-refractivity contribution < 1.29 is 18.7 Å². The summed E-state index contributed by atoms with van der Waals surface area (Å²) in [5, 5.41) is 0.139. The highest BCUT2D eigenvalue weighted by atomic mass is 28.4. The Hall–Kier alpha value is -1.53. The van der Waals surface area contributed by atoms with E-state index in [1.807, 2.05) is 24.3 Å². The van der Waals surface area contributed by atoms with Crippen LogP contribution < -0.4 is 0 Å². The molecular formula is C24H32O4Si. The fraction of sp³-hybridized carbons (Fsp3) is 0.542. The average molecular weight is 413 g/mol. The van der Waals surface area contributed by atoms with Crippen LogP contribution in [0.25, 0.3) is 0 Å². The van der Waals surface area contributed by atoms with Gasteiger partial charge in [0.15, 0.2) is 19.7 Å². The maximum absolute atomic E-state index is 12.8. The van der Waals surface area contributed by atoms with Gasteiger partial charge in [0.2, 0.25) is 0 Å². The molecule has 1 saturated heterocycles. The van der Waals surface area contributed by atoms with E-state index < -0.39 is 19.5 Å². The van der Waals surface area contributed by atoms with Crippen molar-refractivity contribution in [1.82, 2.24) is 0 Å². The maximum Gasteiger partial charge on any atom is 0.192 e. The van der Waals surface area contributed by atoms with Gasteiger partial charge < -0.3 is 13.9 Å². The number of ether oxygens (including phenoxy) is 2. The summed E-state index contributed by atoms with van der Waals surface area (Å²) in [5.74, 6) is 0.0370. The number of ketones is 1. The normalized spacial score (nSPS) is 31.1. The molecule has 0 radical (unpaired) electrons. The molecule has 0 saturated carbocycles. The minimum Gasteiger partial charge on any atom is -0.414 e. The Labute approximate surface area is 175 Å². The summed E-state index contributed by atoms with van der Waals surface area (Å²) < 4.78 is 19.1. The van der Waals surface area contributed by atoms with Crippen LogP contribution in [0.4, 0.5) is 0 Å². The van der Waals surface area contributed by atoms with E-state index in [1.165, 1.54) is 0 Å². The van der Waals surface area contributed by atoms with Crippen molar-refractivity contribution in [2.24, 2.45) is 0 Å². The molecule has 2 bridgehead atoms. The van der Waals surface area contributed by atoms with Crippen LogP contribution in [0.5, 0.6) is 0 Å². The van der Waals surface area contributed by atoms with Gasteiger partial charge in [-0.2, -0.15) is 0 Å². The Balaban J connectivity index is 1.47. The molecule has 0 amide bonds. The third kappa shape index (κ3) is 3.70. The van der Waals surface area contributed by atoms with Gasteiger partial charge in [0.25, 0.3) is 0 Å². The van der Waals surface area contributed by atoms with E-state index in [2.05, 4.69) is 52.1 Å². The molecule has 1 spiro atoms. The third-order valence-corrected chi connectivity index (χ3v) is 11.5. The lowest BCUT2D eigenvalue weighted by molar-refractivity contribution is -0.151. The summed E-state index contributed by atoms with van der Waals surface area (Å²) >= 11 is 0. The number of fused-ring (bicyclic) bond motifs is 1. The topological polar surface area (TPSA) is 44.8 Å². The van der Waals surface area contributed by atoms with Crippen LogP contribution in [0.1, 0.15) is 39.2 Å². The molecule has 156 valence electrons. The van der Waals surface area contributed by atoms with Crippen LogP contribution >= 0.6 is 0 Å². The highest BCUT2D eigenvalue weighted by molar-refractivity contribution is 6.74. The van der Waals surface area contributed by atoms with Crippen molar-refractivity contribution in [3.63, 3.8) is 0 Å². The maximum atomic E-state index is 12.8. The van der Waals surface area contributed by atoms with Crippen LogP contribution in [0.3, 0.4) is 0 Å². The van der Waals surface area contributed by atoms with Crippen LogP contribution in [0.15, 0.2) is 54.1 Å². The minimum absolute atomic E-state index is 0.0370. The SMILES string of the molecule is CC(C)(C)[Si](C)(C)OC[C@]12C=CC(=O)[C@@]3(C[C@@H](OCc4ccccc4)C=C3C1)O2. The first-order valence-electron chi connectivity index (χ1n) is 10.5. The lowest BCUT2D eigenvalue weighted by atomic mass is 9.91. The van der Waals surface area contributed by atoms with Crippen LogP contribution in [0.2, 0.25) is 18.1 Å². The van der Waals surface area contributed by atoms with Gasteiger partial charge in [-0.05, 0) is 41.4 Å². The van der Waals surface area contributed by atoms with E-state index in [4.69, 9.17) is 13.9 Å². The van der Waals surface area contributed by atoms with Gasteiger partial charge in [-0.25, -0.2) is 0 Å². The minimum atomic E-state index is -1.90. The predicted octanol–water partition coefficient (Wildman–Crippen LogP) is 4.96. The number of hydrogen-bond donors (Lipinski definition) is 0. The molecule has 4 rings (SSSR count). The molecular weight excluding hydrogens is 380 g/mol. The highest BCUT2D eigenvalue weighted by Gasteiger charge is 2.61. The second-order valence-electron chi connectivity index (χ2n) is 10.1. The summed E-state index contributed by atoms with van der Waals surface area (Å²) in [7, 11) is -1.90. The molecule has 4 nitrogen and oxygen atoms in total. The van der Waals surface area contributed by atoms with Crippen molar-refractivity contribution >= 4 is 14.1 Å². The molecule has 3 atom stereocenters. The fourth-order valence-corrected chi connectivity index (χ4v) is 5.18. The Bertz CT molecular complexity index is 851. The molecule has 1 fully saturated rings. The molecule has 1 aliphatic carbocycles. The quantitative estimate of drug-likeness (QED) is 0.489. The largest absolute Gasteiger partial charge is 0.414 e. The first kappa shape index (κ1) is 20.7. The van der Waals surface area contributed by atoms with E-state index in [0.717, 1.165) is 11.1 Å². The zero-order chi connectivity index (χ0) is 20.9. The molecule has 1 aromatic rings. The second kappa shape index (κ2) is 7.01. The molecule has 29 heavy (non-hydrogen) atoms. The van der Waals surface area contributed by atoms with Crippen LogP contribution in [-0.2, 0) is 25.3 Å². The van der Waals surface area contributed by atoms with Gasteiger partial charge in [0.05, 0.1) is 19.3 Å². The summed E-state index contributed by atoms with van der Waals surface area (Å²) in [6.07, 6.45) is 6.91. The third-order valence-electron chi connectivity index (χ3n) is 6.99. The monoisotopic (exact) mass is 412 g/mol. The van der Waals surface area contributed by atoms with Crippen LogP contribution in [-0.4, -0.2) is 38.0 Å². The molecule has 2 aliphatic heterocycles. The molecule has 3 aliphatic rings. The van der Waals surface area contributed by atoms with Gasteiger partial charge in [-0.15, -0.1) is 0 Å². The van der Waals surface area contributed by atoms with Crippen molar-refractivity contribution in [2.45, 2.75) is 75.7 Å². The summed E-state index contributed by atoms with van der Waals surface area (Å²) in [6.45, 7) is 12.2. The van der Waals surface area contributed by atoms with Crippen molar-refractivity contribution in [2.75, 3.05) is 6.61 Å². The van der Waals surface area contributed by atoms with Crippen LogP contribution in [0, 0.1) is 0 Å². The predicted molar refractivity (Wildman–Crippen MR) is 116 cm³/mol. The summed E-state index contributed by atoms with van der Waals surface area (Å²) in [4.78, 5) is 12.8. The van der Waals surface area contributed by atoms with Gasteiger partial charge in [-0.1, -0.05) is 57.2 Å². The molecule has 2 heterocycles. The number of benzene rings is 1. The Morgan fingerprint density at radius 1 is 1.21 bits per heavy atom. The Morgan fingerprint density at radius 3 is 2.62 bits per heavy atom. The van der Waals surface area contributed by atoms with Crippen molar-refractivity contribution in [3.05, 3.63) is 59.7 Å².